The lowest BCUT2D eigenvalue weighted by molar-refractivity contribution is 0.746. The Morgan fingerprint density at radius 1 is 1.88 bits per heavy atom. The Labute approximate surface area is 50.2 Å². The highest BCUT2D eigenvalue weighted by Crippen LogP contribution is 1.69. The van der Waals surface area contributed by atoms with Crippen LogP contribution >= 0.6 is 0 Å². The van der Waals surface area contributed by atoms with Crippen LogP contribution in [-0.2, 0) is 0 Å². The molecule has 0 spiro atoms. The van der Waals surface area contributed by atoms with Gasteiger partial charge in [-0.15, -0.1) is 0 Å². The van der Waals surface area contributed by atoms with Crippen molar-refractivity contribution in [1.82, 2.24) is 4.90 Å². The molecule has 0 aliphatic heterocycles. The molecule has 0 aromatic carbocycles. The first kappa shape index (κ1) is 7.03. The number of terminal acetylenes is 1. The van der Waals surface area contributed by atoms with Crippen LogP contribution in [0.3, 0.4) is 0 Å². The molecule has 0 saturated heterocycles. The molecule has 0 bridgehead atoms. The van der Waals surface area contributed by atoms with Gasteiger partial charge in [-0.05, 0) is 6.92 Å². The van der Waals surface area contributed by atoms with Gasteiger partial charge in [-0.25, -0.2) is 0 Å². The minimum atomic E-state index is 0.784. The third-order valence-corrected chi connectivity index (χ3v) is 0.641. The molecule has 0 aliphatic carbocycles. The highest BCUT2D eigenvalue weighted by Gasteiger charge is 1.75. The van der Waals surface area contributed by atoms with E-state index in [0.29, 0.717) is 0 Å². The van der Waals surface area contributed by atoms with Crippen LogP contribution in [0.4, 0.5) is 0 Å². The van der Waals surface area contributed by atoms with Gasteiger partial charge >= 0.3 is 0 Å². The topological polar surface area (TPSA) is 15.6 Å². The van der Waals surface area contributed by atoms with Crippen molar-refractivity contribution < 1.29 is 0 Å². The van der Waals surface area contributed by atoms with Gasteiger partial charge in [-0.1, -0.05) is 6.42 Å². The molecule has 0 N–H and O–H groups in total. The van der Waals surface area contributed by atoms with E-state index < -0.39 is 0 Å². The van der Waals surface area contributed by atoms with E-state index >= 15 is 0 Å². The van der Waals surface area contributed by atoms with Gasteiger partial charge in [-0.2, -0.15) is 0 Å². The van der Waals surface area contributed by atoms with Gasteiger partial charge in [0.15, 0.2) is 0 Å². The first-order valence-corrected chi connectivity index (χ1v) is 2.50. The van der Waals surface area contributed by atoms with Crippen LogP contribution in [0, 0.1) is 12.5 Å². The minimum Gasteiger partial charge on any atom is -0.295 e. The van der Waals surface area contributed by atoms with Gasteiger partial charge in [0.25, 0.3) is 0 Å². The quantitative estimate of drug-likeness (QED) is 0.219. The predicted octanol–water partition coefficient (Wildman–Crippen LogP) is 0.557. The van der Waals surface area contributed by atoms with Gasteiger partial charge in [0.1, 0.15) is 0 Å². The van der Waals surface area contributed by atoms with Crippen LogP contribution in [0.2, 0.25) is 0 Å². The lowest BCUT2D eigenvalue weighted by Gasteiger charge is -1.98. The fourth-order valence-corrected chi connectivity index (χ4v) is 0.237. The number of hydrogen-bond acceptors (Lipinski definition) is 1. The summed E-state index contributed by atoms with van der Waals surface area (Å²) in [6, 6.07) is 2.38. The highest BCUT2D eigenvalue weighted by atomic mass is 15.1. The van der Waals surface area contributed by atoms with Crippen LogP contribution in [0.15, 0.2) is 4.99 Å². The van der Waals surface area contributed by atoms with Crippen molar-refractivity contribution in [1.29, 1.82) is 0 Å². The normalized spacial score (nSPS) is 9.12. The lowest BCUT2D eigenvalue weighted by Crippen LogP contribution is -2.06. The highest BCUT2D eigenvalue weighted by molar-refractivity contribution is 5.56. The van der Waals surface area contributed by atoms with Crippen molar-refractivity contribution in [3.63, 3.8) is 0 Å². The Morgan fingerprint density at radius 3 is 2.88 bits per heavy atom. The van der Waals surface area contributed by atoms with Crippen molar-refractivity contribution in [2.75, 3.05) is 13.6 Å². The molecule has 0 aromatic heterocycles. The van der Waals surface area contributed by atoms with E-state index in [1.807, 2.05) is 6.92 Å². The Morgan fingerprint density at radius 2 is 2.50 bits per heavy atom. The van der Waals surface area contributed by atoms with E-state index in [1.54, 1.807) is 18.3 Å². The molecule has 0 saturated carbocycles. The second-order valence-electron chi connectivity index (χ2n) is 1.35. The summed E-state index contributed by atoms with van der Waals surface area (Å²) in [5.74, 6) is 0. The minimum absolute atomic E-state index is 0.784. The third-order valence-electron chi connectivity index (χ3n) is 0.641. The largest absolute Gasteiger partial charge is 0.295 e. The number of rotatable bonds is 2. The van der Waals surface area contributed by atoms with Gasteiger partial charge in [-0.3, -0.25) is 9.89 Å². The molecule has 0 aromatic rings. The lowest BCUT2D eigenvalue weighted by atomic mass is 10.8. The zero-order valence-electron chi connectivity index (χ0n) is 5.26. The molecule has 2 nitrogen and oxygen atoms in total. The molecule has 0 rings (SSSR count). The summed E-state index contributed by atoms with van der Waals surface area (Å²) in [4.78, 5) is 5.47. The van der Waals surface area contributed by atoms with E-state index in [1.165, 1.54) is 0 Å². The van der Waals surface area contributed by atoms with E-state index in [4.69, 9.17) is 6.42 Å². The Bertz CT molecular complexity index is 110. The molecular formula is C6H10N2. The molecule has 0 unspecified atom stereocenters. The maximum absolute atomic E-state index is 5.00. The van der Waals surface area contributed by atoms with Crippen LogP contribution in [-0.4, -0.2) is 24.8 Å². The summed E-state index contributed by atoms with van der Waals surface area (Å²) in [5, 5.41) is 0. The summed E-state index contributed by atoms with van der Waals surface area (Å²) < 4.78 is 0. The standard InChI is InChI=1S/C6H10N2/c1-4-7-6-8(3)5-2/h2,6H,4H2,1,3H3. The molecular weight excluding hydrogens is 100 g/mol. The molecule has 0 heterocycles. The second kappa shape index (κ2) is 4.20. The Kier molecular flexibility index (Phi) is 3.69. The molecule has 0 radical (unpaired) electrons. The van der Waals surface area contributed by atoms with Crippen LogP contribution in [0.25, 0.3) is 0 Å². The fourth-order valence-electron chi connectivity index (χ4n) is 0.237. The zero-order chi connectivity index (χ0) is 6.41. The Hall–Kier alpha value is -0.970. The molecule has 0 aliphatic rings. The molecule has 0 fully saturated rings. The van der Waals surface area contributed by atoms with Crippen molar-refractivity contribution in [3.05, 3.63) is 0 Å². The van der Waals surface area contributed by atoms with E-state index in [0.717, 1.165) is 6.54 Å². The second-order valence-corrected chi connectivity index (χ2v) is 1.35. The monoisotopic (exact) mass is 110 g/mol. The first-order valence-electron chi connectivity index (χ1n) is 2.50. The molecule has 8 heavy (non-hydrogen) atoms. The van der Waals surface area contributed by atoms with E-state index in [-0.39, 0.29) is 0 Å². The molecule has 0 amide bonds. The molecule has 0 atom stereocenters. The Balaban J connectivity index is 3.40. The summed E-state index contributed by atoms with van der Waals surface area (Å²) in [5.41, 5.74) is 0. The average molecular weight is 110 g/mol. The van der Waals surface area contributed by atoms with Gasteiger partial charge in [0.2, 0.25) is 0 Å². The summed E-state index contributed by atoms with van der Waals surface area (Å²) in [6.45, 7) is 2.74. The third kappa shape index (κ3) is 3.23. The van der Waals surface area contributed by atoms with E-state index in [9.17, 15) is 0 Å². The van der Waals surface area contributed by atoms with Crippen molar-refractivity contribution in [2.24, 2.45) is 4.99 Å². The van der Waals surface area contributed by atoms with Gasteiger partial charge < -0.3 is 0 Å². The number of hydrogen-bond donors (Lipinski definition) is 0. The van der Waals surface area contributed by atoms with E-state index in [2.05, 4.69) is 11.0 Å². The molecule has 2 heteroatoms. The number of aliphatic imine (C=N–C) groups is 1. The maximum atomic E-state index is 5.00. The zero-order valence-corrected chi connectivity index (χ0v) is 5.26. The first-order chi connectivity index (χ1) is 3.81. The average Bonchev–Trinajstić information content (AvgIpc) is 1.83. The maximum Gasteiger partial charge on any atom is 0.0962 e. The SMILES string of the molecule is C#CN(C)C=NCC. The van der Waals surface area contributed by atoms with Crippen LogP contribution < -0.4 is 0 Å². The van der Waals surface area contributed by atoms with Crippen molar-refractivity contribution in [3.8, 4) is 12.5 Å². The van der Waals surface area contributed by atoms with Crippen LogP contribution in [0.1, 0.15) is 6.92 Å². The summed E-state index contributed by atoms with van der Waals surface area (Å²) >= 11 is 0. The number of nitrogens with zero attached hydrogens (tertiary/aromatic N) is 2. The summed E-state index contributed by atoms with van der Waals surface area (Å²) in [7, 11) is 1.78. The molecule has 44 valence electrons. The summed E-state index contributed by atoms with van der Waals surface area (Å²) in [6.07, 6.45) is 6.62. The smallest absolute Gasteiger partial charge is 0.0962 e. The van der Waals surface area contributed by atoms with Gasteiger partial charge in [0, 0.05) is 19.6 Å². The van der Waals surface area contributed by atoms with Crippen molar-refractivity contribution >= 4 is 6.34 Å². The van der Waals surface area contributed by atoms with Crippen molar-refractivity contribution in [2.45, 2.75) is 6.92 Å². The fraction of sp³-hybridized carbons (Fsp3) is 0.500. The predicted molar refractivity (Wildman–Crippen MR) is 35.6 cm³/mol. The van der Waals surface area contributed by atoms with Gasteiger partial charge in [0.05, 0.1) is 6.34 Å². The van der Waals surface area contributed by atoms with Crippen LogP contribution in [0.5, 0.6) is 0 Å².